The van der Waals surface area contributed by atoms with Gasteiger partial charge in [-0.2, -0.15) is 0 Å². The van der Waals surface area contributed by atoms with Crippen LogP contribution in [0.15, 0.2) is 36.4 Å². The Morgan fingerprint density at radius 2 is 1.74 bits per heavy atom. The highest BCUT2D eigenvalue weighted by atomic mass is 35.5. The first-order valence-electron chi connectivity index (χ1n) is 10.2. The normalized spacial score (nSPS) is 12.2. The quantitative estimate of drug-likeness (QED) is 0.498. The summed E-state index contributed by atoms with van der Waals surface area (Å²) in [5.74, 6) is -3.07. The monoisotopic (exact) mass is 535 g/mol. The largest absolute Gasteiger partial charge is 0.357 e. The van der Waals surface area contributed by atoms with Gasteiger partial charge in [0.15, 0.2) is 11.6 Å². The second kappa shape index (κ2) is 11.8. The minimum Gasteiger partial charge on any atom is -0.357 e. The third-order valence-electron chi connectivity index (χ3n) is 5.09. The number of benzene rings is 2. The van der Waals surface area contributed by atoms with E-state index in [1.54, 1.807) is 25.1 Å². The summed E-state index contributed by atoms with van der Waals surface area (Å²) in [5, 5.41) is 3.15. The first-order valence-corrected chi connectivity index (χ1v) is 12.8. The molecule has 0 aromatic heterocycles. The molecule has 12 heteroatoms. The van der Waals surface area contributed by atoms with Gasteiger partial charge in [0.05, 0.1) is 22.0 Å². The molecule has 0 aliphatic carbocycles. The molecule has 0 spiro atoms. The van der Waals surface area contributed by atoms with Gasteiger partial charge < -0.3 is 10.2 Å². The van der Waals surface area contributed by atoms with Gasteiger partial charge in [0, 0.05) is 32.6 Å². The van der Waals surface area contributed by atoms with E-state index in [0.717, 1.165) is 28.8 Å². The van der Waals surface area contributed by atoms with Crippen LogP contribution in [0, 0.1) is 11.6 Å². The minimum absolute atomic E-state index is 0.0553. The Bertz CT molecular complexity index is 1160. The van der Waals surface area contributed by atoms with Crippen molar-refractivity contribution in [2.75, 3.05) is 24.2 Å². The molecule has 0 bridgehead atoms. The summed E-state index contributed by atoms with van der Waals surface area (Å²) >= 11 is 12.0. The predicted octanol–water partition coefficient (Wildman–Crippen LogP) is 3.98. The lowest BCUT2D eigenvalue weighted by molar-refractivity contribution is -0.140. The SMILES string of the molecule is CNC(=O)C(C)N(Cc1ccc(Cl)c(Cl)c1)C(=O)CCCN(c1ccc(F)c(F)c1)S(C)(=O)=O. The number of carbonyl (C=O) groups excluding carboxylic acids is 2. The lowest BCUT2D eigenvalue weighted by atomic mass is 10.1. The van der Waals surface area contributed by atoms with Crippen molar-refractivity contribution in [1.82, 2.24) is 10.2 Å². The van der Waals surface area contributed by atoms with Crippen LogP contribution in [0.5, 0.6) is 0 Å². The van der Waals surface area contributed by atoms with Gasteiger partial charge in [0.2, 0.25) is 21.8 Å². The number of halogens is 4. The molecule has 1 atom stereocenters. The molecule has 1 N–H and O–H groups in total. The van der Waals surface area contributed by atoms with Crippen LogP contribution in [-0.4, -0.2) is 51.0 Å². The van der Waals surface area contributed by atoms with E-state index in [0.29, 0.717) is 15.6 Å². The fourth-order valence-electron chi connectivity index (χ4n) is 3.27. The molecule has 0 fully saturated rings. The molecule has 0 saturated heterocycles. The number of nitrogens with zero attached hydrogens (tertiary/aromatic N) is 2. The van der Waals surface area contributed by atoms with Crippen LogP contribution in [0.3, 0.4) is 0 Å². The fourth-order valence-corrected chi connectivity index (χ4v) is 4.55. The highest BCUT2D eigenvalue weighted by Crippen LogP contribution is 2.25. The van der Waals surface area contributed by atoms with Crippen molar-refractivity contribution in [3.63, 3.8) is 0 Å². The summed E-state index contributed by atoms with van der Waals surface area (Å²) in [6.07, 6.45) is 0.905. The smallest absolute Gasteiger partial charge is 0.242 e. The Hall–Kier alpha value is -2.43. The van der Waals surface area contributed by atoms with Gasteiger partial charge in [-0.1, -0.05) is 29.3 Å². The highest BCUT2D eigenvalue weighted by Gasteiger charge is 2.26. The average molecular weight is 536 g/mol. The second-order valence-corrected chi connectivity index (χ2v) is 10.3. The number of carbonyl (C=O) groups is 2. The third-order valence-corrected chi connectivity index (χ3v) is 7.03. The van der Waals surface area contributed by atoms with E-state index in [4.69, 9.17) is 23.2 Å². The first-order chi connectivity index (χ1) is 15.8. The number of sulfonamides is 1. The van der Waals surface area contributed by atoms with Gasteiger partial charge in [-0.25, -0.2) is 17.2 Å². The van der Waals surface area contributed by atoms with Gasteiger partial charge in [0.1, 0.15) is 6.04 Å². The van der Waals surface area contributed by atoms with Crippen molar-refractivity contribution >= 4 is 50.7 Å². The summed E-state index contributed by atoms with van der Waals surface area (Å²) in [5.41, 5.74) is 0.596. The molecule has 2 aromatic rings. The number of hydrogen-bond donors (Lipinski definition) is 1. The zero-order valence-electron chi connectivity index (χ0n) is 18.8. The maximum atomic E-state index is 13.6. The lowest BCUT2D eigenvalue weighted by Gasteiger charge is -2.29. The van der Waals surface area contributed by atoms with Crippen molar-refractivity contribution in [3.05, 3.63) is 63.6 Å². The van der Waals surface area contributed by atoms with E-state index in [2.05, 4.69) is 5.32 Å². The Morgan fingerprint density at radius 3 is 2.29 bits per heavy atom. The average Bonchev–Trinajstić information content (AvgIpc) is 2.77. The van der Waals surface area contributed by atoms with E-state index in [9.17, 15) is 26.8 Å². The van der Waals surface area contributed by atoms with Crippen LogP contribution < -0.4 is 9.62 Å². The summed E-state index contributed by atoms with van der Waals surface area (Å²) in [7, 11) is -2.38. The van der Waals surface area contributed by atoms with Crippen LogP contribution in [0.1, 0.15) is 25.3 Å². The van der Waals surface area contributed by atoms with E-state index in [1.165, 1.54) is 11.9 Å². The molecule has 2 rings (SSSR count). The maximum absolute atomic E-state index is 13.6. The molecule has 186 valence electrons. The van der Waals surface area contributed by atoms with Crippen molar-refractivity contribution in [2.24, 2.45) is 0 Å². The van der Waals surface area contributed by atoms with Crippen LogP contribution >= 0.6 is 23.2 Å². The number of likely N-dealkylation sites (N-methyl/N-ethyl adjacent to an activating group) is 1. The molecule has 0 saturated carbocycles. The number of nitrogens with one attached hydrogen (secondary N) is 1. The molecule has 2 aromatic carbocycles. The van der Waals surface area contributed by atoms with Gasteiger partial charge >= 0.3 is 0 Å². The highest BCUT2D eigenvalue weighted by molar-refractivity contribution is 7.92. The van der Waals surface area contributed by atoms with Crippen molar-refractivity contribution in [1.29, 1.82) is 0 Å². The fraction of sp³-hybridized carbons (Fsp3) is 0.364. The van der Waals surface area contributed by atoms with Gasteiger partial charge in [-0.15, -0.1) is 0 Å². The number of hydrogen-bond acceptors (Lipinski definition) is 4. The van der Waals surface area contributed by atoms with Crippen LogP contribution in [0.2, 0.25) is 10.0 Å². The number of anilines is 1. The molecule has 2 amide bonds. The van der Waals surface area contributed by atoms with Crippen LogP contribution in [0.25, 0.3) is 0 Å². The van der Waals surface area contributed by atoms with E-state index in [-0.39, 0.29) is 37.5 Å². The Labute approximate surface area is 207 Å². The molecule has 7 nitrogen and oxygen atoms in total. The summed E-state index contributed by atoms with van der Waals surface area (Å²) in [4.78, 5) is 26.6. The molecule has 1 unspecified atom stereocenters. The molecular formula is C22H25Cl2F2N3O4S. The van der Waals surface area contributed by atoms with Crippen molar-refractivity contribution < 1.29 is 26.8 Å². The molecule has 0 radical (unpaired) electrons. The third kappa shape index (κ3) is 7.28. The second-order valence-electron chi connectivity index (χ2n) is 7.60. The number of rotatable bonds is 10. The zero-order chi connectivity index (χ0) is 25.6. The zero-order valence-corrected chi connectivity index (χ0v) is 21.1. The van der Waals surface area contributed by atoms with Gasteiger partial charge in [-0.05, 0) is 43.2 Å². The minimum atomic E-state index is -3.83. The first kappa shape index (κ1) is 27.8. The molecule has 0 heterocycles. The summed E-state index contributed by atoms with van der Waals surface area (Å²) in [6.45, 7) is 1.49. The van der Waals surface area contributed by atoms with E-state index < -0.39 is 33.6 Å². The Morgan fingerprint density at radius 1 is 1.06 bits per heavy atom. The number of amides is 2. The van der Waals surface area contributed by atoms with E-state index in [1.807, 2.05) is 0 Å². The topological polar surface area (TPSA) is 86.8 Å². The van der Waals surface area contributed by atoms with Crippen molar-refractivity contribution in [3.8, 4) is 0 Å². The summed E-state index contributed by atoms with van der Waals surface area (Å²) < 4.78 is 52.2. The van der Waals surface area contributed by atoms with Crippen LogP contribution in [-0.2, 0) is 26.2 Å². The Balaban J connectivity index is 2.18. The molecular weight excluding hydrogens is 511 g/mol. The molecule has 34 heavy (non-hydrogen) atoms. The van der Waals surface area contributed by atoms with Gasteiger partial charge in [0.25, 0.3) is 0 Å². The lowest BCUT2D eigenvalue weighted by Crippen LogP contribution is -2.46. The molecule has 0 aliphatic rings. The van der Waals surface area contributed by atoms with Gasteiger partial charge in [-0.3, -0.25) is 13.9 Å². The summed E-state index contributed by atoms with van der Waals surface area (Å²) in [6, 6.07) is 6.79. The Kier molecular flexibility index (Phi) is 9.66. The van der Waals surface area contributed by atoms with Crippen LogP contribution in [0.4, 0.5) is 14.5 Å². The van der Waals surface area contributed by atoms with Crippen molar-refractivity contribution in [2.45, 2.75) is 32.4 Å². The van der Waals surface area contributed by atoms with E-state index >= 15 is 0 Å². The molecule has 0 aliphatic heterocycles. The maximum Gasteiger partial charge on any atom is 0.242 e. The predicted molar refractivity (Wildman–Crippen MR) is 128 cm³/mol. The standard InChI is InChI=1S/C22H25Cl2F2N3O4S/c1-14(22(31)27-2)28(13-15-6-8-17(23)18(24)11-15)21(30)5-4-10-29(34(3,32)33)16-7-9-19(25)20(26)12-16/h6-9,11-12,14H,4-5,10,13H2,1-3H3,(H,27,31).